The van der Waals surface area contributed by atoms with Crippen molar-refractivity contribution in [3.63, 3.8) is 0 Å². The fourth-order valence-corrected chi connectivity index (χ4v) is 2.68. The summed E-state index contributed by atoms with van der Waals surface area (Å²) < 4.78 is 0. The Kier molecular flexibility index (Phi) is 3.45. The topological polar surface area (TPSA) is 23.5 Å². The average molecular weight is 197 g/mol. The van der Waals surface area contributed by atoms with Gasteiger partial charge in [0.25, 0.3) is 0 Å². The zero-order chi connectivity index (χ0) is 9.97. The van der Waals surface area contributed by atoms with Crippen LogP contribution in [0.2, 0.25) is 0 Å². The zero-order valence-corrected chi connectivity index (χ0v) is 9.28. The lowest BCUT2D eigenvalue weighted by Crippen LogP contribution is -2.38. The summed E-state index contributed by atoms with van der Waals surface area (Å²) in [5.41, 5.74) is 0. The number of hydrogen-bond donors (Lipinski definition) is 1. The molecule has 0 aromatic heterocycles. The van der Waals surface area contributed by atoms with Crippen LogP contribution in [-0.2, 0) is 0 Å². The molecule has 82 valence electrons. The van der Waals surface area contributed by atoms with Crippen LogP contribution in [0.25, 0.3) is 0 Å². The molecule has 0 aromatic rings. The van der Waals surface area contributed by atoms with Crippen molar-refractivity contribution in [2.45, 2.75) is 57.6 Å². The summed E-state index contributed by atoms with van der Waals surface area (Å²) in [6.45, 7) is 4.55. The molecule has 2 nitrogen and oxygen atoms in total. The SMILES string of the molecule is CCN(CC1CCCCC1O)C1CC1. The predicted molar refractivity (Wildman–Crippen MR) is 58.2 cm³/mol. The van der Waals surface area contributed by atoms with Crippen LogP contribution < -0.4 is 0 Å². The highest BCUT2D eigenvalue weighted by Crippen LogP contribution is 2.31. The Labute approximate surface area is 87.3 Å². The normalized spacial score (nSPS) is 33.6. The molecule has 2 fully saturated rings. The zero-order valence-electron chi connectivity index (χ0n) is 9.28. The number of aliphatic hydroxyl groups excluding tert-OH is 1. The van der Waals surface area contributed by atoms with Crippen molar-refractivity contribution in [2.24, 2.45) is 5.92 Å². The first-order valence-electron chi connectivity index (χ1n) is 6.23. The van der Waals surface area contributed by atoms with Crippen LogP contribution in [0.4, 0.5) is 0 Å². The molecule has 1 N–H and O–H groups in total. The van der Waals surface area contributed by atoms with Crippen LogP contribution in [0.3, 0.4) is 0 Å². The molecule has 0 heterocycles. The van der Waals surface area contributed by atoms with E-state index in [4.69, 9.17) is 0 Å². The van der Waals surface area contributed by atoms with Crippen molar-refractivity contribution in [2.75, 3.05) is 13.1 Å². The van der Waals surface area contributed by atoms with Gasteiger partial charge in [-0.15, -0.1) is 0 Å². The van der Waals surface area contributed by atoms with Crippen molar-refractivity contribution >= 4 is 0 Å². The molecule has 2 rings (SSSR count). The summed E-state index contributed by atoms with van der Waals surface area (Å²) in [5.74, 6) is 0.560. The molecule has 2 unspecified atom stereocenters. The molecule has 0 aliphatic heterocycles. The van der Waals surface area contributed by atoms with Crippen molar-refractivity contribution in [3.8, 4) is 0 Å². The van der Waals surface area contributed by atoms with Gasteiger partial charge >= 0.3 is 0 Å². The predicted octanol–water partition coefficient (Wildman–Crippen LogP) is 2.02. The van der Waals surface area contributed by atoms with Crippen LogP contribution in [0.15, 0.2) is 0 Å². The summed E-state index contributed by atoms with van der Waals surface area (Å²) >= 11 is 0. The third-order valence-electron chi connectivity index (χ3n) is 3.81. The Morgan fingerprint density at radius 3 is 2.43 bits per heavy atom. The second-order valence-electron chi connectivity index (χ2n) is 4.93. The van der Waals surface area contributed by atoms with E-state index in [-0.39, 0.29) is 6.10 Å². The van der Waals surface area contributed by atoms with Crippen molar-refractivity contribution < 1.29 is 5.11 Å². The lowest BCUT2D eigenvalue weighted by atomic mass is 9.86. The summed E-state index contributed by atoms with van der Waals surface area (Å²) in [7, 11) is 0. The molecule has 0 radical (unpaired) electrons. The molecule has 0 aromatic carbocycles. The Balaban J connectivity index is 1.81. The summed E-state index contributed by atoms with van der Waals surface area (Å²) in [5, 5.41) is 9.89. The van der Waals surface area contributed by atoms with Crippen LogP contribution >= 0.6 is 0 Å². The van der Waals surface area contributed by atoms with Gasteiger partial charge in [-0.05, 0) is 38.1 Å². The quantitative estimate of drug-likeness (QED) is 0.745. The highest BCUT2D eigenvalue weighted by Gasteiger charge is 2.32. The minimum absolute atomic E-state index is 0.0171. The fourth-order valence-electron chi connectivity index (χ4n) is 2.68. The number of nitrogens with zero attached hydrogens (tertiary/aromatic N) is 1. The van der Waals surface area contributed by atoms with Gasteiger partial charge in [0.15, 0.2) is 0 Å². The first-order chi connectivity index (χ1) is 6.81. The molecule has 2 atom stereocenters. The van der Waals surface area contributed by atoms with Gasteiger partial charge in [0.2, 0.25) is 0 Å². The first-order valence-corrected chi connectivity index (χ1v) is 6.23. The van der Waals surface area contributed by atoms with Gasteiger partial charge in [0.1, 0.15) is 0 Å². The minimum atomic E-state index is -0.0171. The molecule has 2 heteroatoms. The average Bonchev–Trinajstić information content (AvgIpc) is 3.00. The van der Waals surface area contributed by atoms with Crippen molar-refractivity contribution in [1.82, 2.24) is 4.90 Å². The van der Waals surface area contributed by atoms with Gasteiger partial charge < -0.3 is 10.0 Å². The molecule has 0 bridgehead atoms. The Hall–Kier alpha value is -0.0800. The maximum Gasteiger partial charge on any atom is 0.0580 e. The van der Waals surface area contributed by atoms with E-state index in [1.165, 1.54) is 32.1 Å². The highest BCUT2D eigenvalue weighted by molar-refractivity contribution is 4.87. The molecule has 0 spiro atoms. The van der Waals surface area contributed by atoms with Crippen LogP contribution in [0.1, 0.15) is 45.4 Å². The molecular weight excluding hydrogens is 174 g/mol. The van der Waals surface area contributed by atoms with Gasteiger partial charge in [0, 0.05) is 12.6 Å². The van der Waals surface area contributed by atoms with E-state index in [9.17, 15) is 5.11 Å². The Bertz CT molecular complexity index is 179. The molecule has 14 heavy (non-hydrogen) atoms. The lowest BCUT2D eigenvalue weighted by Gasteiger charge is -2.32. The van der Waals surface area contributed by atoms with Crippen LogP contribution in [0.5, 0.6) is 0 Å². The monoisotopic (exact) mass is 197 g/mol. The van der Waals surface area contributed by atoms with Gasteiger partial charge in [-0.25, -0.2) is 0 Å². The second kappa shape index (κ2) is 4.63. The molecule has 0 saturated heterocycles. The third kappa shape index (κ3) is 2.48. The largest absolute Gasteiger partial charge is 0.393 e. The fraction of sp³-hybridized carbons (Fsp3) is 1.00. The van der Waals surface area contributed by atoms with Gasteiger partial charge in [-0.3, -0.25) is 0 Å². The molecule has 0 amide bonds. The van der Waals surface area contributed by atoms with Crippen LogP contribution in [0, 0.1) is 5.92 Å². The maximum atomic E-state index is 9.89. The van der Waals surface area contributed by atoms with E-state index >= 15 is 0 Å². The van der Waals surface area contributed by atoms with Gasteiger partial charge in [-0.1, -0.05) is 19.8 Å². The third-order valence-corrected chi connectivity index (χ3v) is 3.81. The number of aliphatic hydroxyl groups is 1. The molecular formula is C12H23NO. The number of rotatable bonds is 4. The maximum absolute atomic E-state index is 9.89. The van der Waals surface area contributed by atoms with Crippen molar-refractivity contribution in [1.29, 1.82) is 0 Å². The van der Waals surface area contributed by atoms with E-state index in [1.54, 1.807) is 0 Å². The number of hydrogen-bond acceptors (Lipinski definition) is 2. The van der Waals surface area contributed by atoms with Crippen molar-refractivity contribution in [3.05, 3.63) is 0 Å². The minimum Gasteiger partial charge on any atom is -0.393 e. The van der Waals surface area contributed by atoms with Crippen LogP contribution in [-0.4, -0.2) is 35.2 Å². The Morgan fingerprint density at radius 1 is 1.14 bits per heavy atom. The molecule has 2 aliphatic rings. The lowest BCUT2D eigenvalue weighted by molar-refractivity contribution is 0.0458. The van der Waals surface area contributed by atoms with E-state index < -0.39 is 0 Å². The standard InChI is InChI=1S/C12H23NO/c1-2-13(11-7-8-11)9-10-5-3-4-6-12(10)14/h10-12,14H,2-9H2,1H3. The summed E-state index contributed by atoms with van der Waals surface area (Å²) in [6, 6.07) is 0.856. The van der Waals surface area contributed by atoms with E-state index in [0.29, 0.717) is 5.92 Å². The Morgan fingerprint density at radius 2 is 1.86 bits per heavy atom. The first kappa shape index (κ1) is 10.4. The van der Waals surface area contributed by atoms with E-state index in [2.05, 4.69) is 11.8 Å². The summed E-state index contributed by atoms with van der Waals surface area (Å²) in [4.78, 5) is 2.57. The molecule has 2 aliphatic carbocycles. The van der Waals surface area contributed by atoms with E-state index in [1.807, 2.05) is 0 Å². The summed E-state index contributed by atoms with van der Waals surface area (Å²) in [6.07, 6.45) is 7.58. The van der Waals surface area contributed by atoms with Gasteiger partial charge in [-0.2, -0.15) is 0 Å². The molecule has 2 saturated carbocycles. The van der Waals surface area contributed by atoms with E-state index in [0.717, 1.165) is 25.6 Å². The van der Waals surface area contributed by atoms with Gasteiger partial charge in [0.05, 0.1) is 6.10 Å². The highest BCUT2D eigenvalue weighted by atomic mass is 16.3. The smallest absolute Gasteiger partial charge is 0.0580 e. The second-order valence-corrected chi connectivity index (χ2v) is 4.93.